The zero-order valence-electron chi connectivity index (χ0n) is 10.8. The Bertz CT molecular complexity index is 614. The molecule has 0 N–H and O–H groups in total. The van der Waals surface area contributed by atoms with Gasteiger partial charge in [0.2, 0.25) is 5.91 Å². The average molecular weight is 250 g/mol. The number of fused-ring (bicyclic) bond motifs is 1. The van der Waals surface area contributed by atoms with Crippen LogP contribution in [0.3, 0.4) is 0 Å². The van der Waals surface area contributed by atoms with Crippen molar-refractivity contribution >= 4 is 12.0 Å². The normalized spacial score (nSPS) is 16.0. The van der Waals surface area contributed by atoms with Gasteiger partial charge >= 0.3 is 0 Å². The highest BCUT2D eigenvalue weighted by atomic mass is 16.2. The molecule has 3 nitrogen and oxygen atoms in total. The maximum atomic E-state index is 12.1. The minimum absolute atomic E-state index is 0.0694. The number of hydrogen-bond donors (Lipinski definition) is 0. The Labute approximate surface area is 113 Å². The second-order valence-electron chi connectivity index (χ2n) is 4.20. The lowest BCUT2D eigenvalue weighted by Crippen LogP contribution is -2.31. The molecule has 1 amide bonds. The second-order valence-corrected chi connectivity index (χ2v) is 4.20. The van der Waals surface area contributed by atoms with E-state index in [1.807, 2.05) is 30.3 Å². The molecule has 0 unspecified atom stereocenters. The SMILES string of the molecule is CC#CCCC(=O)N1C=Cc2ccccc2[C@@H]1C#N. The number of amides is 1. The molecule has 3 heteroatoms. The Morgan fingerprint density at radius 3 is 2.95 bits per heavy atom. The van der Waals surface area contributed by atoms with E-state index in [9.17, 15) is 10.1 Å². The van der Waals surface area contributed by atoms with E-state index >= 15 is 0 Å². The molecule has 1 aromatic carbocycles. The van der Waals surface area contributed by atoms with Crippen molar-refractivity contribution in [2.75, 3.05) is 0 Å². The van der Waals surface area contributed by atoms with Gasteiger partial charge in [0.25, 0.3) is 0 Å². The summed E-state index contributed by atoms with van der Waals surface area (Å²) in [5.41, 5.74) is 1.87. The number of carbonyl (C=O) groups excluding carboxylic acids is 1. The first-order valence-electron chi connectivity index (χ1n) is 6.15. The quantitative estimate of drug-likeness (QED) is 0.757. The molecule has 19 heavy (non-hydrogen) atoms. The number of carbonyl (C=O) groups is 1. The van der Waals surface area contributed by atoms with Crippen LogP contribution < -0.4 is 0 Å². The minimum atomic E-state index is -0.539. The van der Waals surface area contributed by atoms with Crippen molar-refractivity contribution in [1.29, 1.82) is 5.26 Å². The van der Waals surface area contributed by atoms with Gasteiger partial charge in [-0.15, -0.1) is 11.8 Å². The van der Waals surface area contributed by atoms with Gasteiger partial charge < -0.3 is 0 Å². The molecular formula is C16H14N2O. The van der Waals surface area contributed by atoms with Crippen LogP contribution >= 0.6 is 0 Å². The molecule has 0 bridgehead atoms. The summed E-state index contributed by atoms with van der Waals surface area (Å²) in [4.78, 5) is 13.6. The van der Waals surface area contributed by atoms with Crippen LogP contribution in [0.25, 0.3) is 6.08 Å². The van der Waals surface area contributed by atoms with E-state index in [1.54, 1.807) is 13.1 Å². The fraction of sp³-hybridized carbons (Fsp3) is 0.250. The molecule has 2 rings (SSSR count). The monoisotopic (exact) mass is 250 g/mol. The molecule has 0 aliphatic carbocycles. The first kappa shape index (κ1) is 12.9. The third kappa shape index (κ3) is 2.67. The highest BCUT2D eigenvalue weighted by Gasteiger charge is 2.26. The summed E-state index contributed by atoms with van der Waals surface area (Å²) in [6.07, 6.45) is 4.43. The van der Waals surface area contributed by atoms with Crippen molar-refractivity contribution in [3.05, 3.63) is 41.6 Å². The van der Waals surface area contributed by atoms with Gasteiger partial charge in [-0.05, 0) is 24.1 Å². The first-order valence-corrected chi connectivity index (χ1v) is 6.15. The van der Waals surface area contributed by atoms with Crippen molar-refractivity contribution in [3.8, 4) is 17.9 Å². The van der Waals surface area contributed by atoms with Crippen LogP contribution in [0.2, 0.25) is 0 Å². The summed E-state index contributed by atoms with van der Waals surface area (Å²) in [5.74, 6) is 5.56. The van der Waals surface area contributed by atoms with Gasteiger partial charge in [0, 0.05) is 19.0 Å². The maximum absolute atomic E-state index is 12.1. The Morgan fingerprint density at radius 1 is 1.42 bits per heavy atom. The van der Waals surface area contributed by atoms with E-state index in [0.717, 1.165) is 11.1 Å². The minimum Gasteiger partial charge on any atom is -0.298 e. The summed E-state index contributed by atoms with van der Waals surface area (Å²) in [7, 11) is 0. The van der Waals surface area contributed by atoms with Crippen molar-refractivity contribution in [2.24, 2.45) is 0 Å². The maximum Gasteiger partial charge on any atom is 0.228 e. The molecule has 0 spiro atoms. The largest absolute Gasteiger partial charge is 0.298 e. The summed E-state index contributed by atoms with van der Waals surface area (Å²) in [6.45, 7) is 1.75. The number of benzene rings is 1. The van der Waals surface area contributed by atoms with Crippen LogP contribution in [0.15, 0.2) is 30.5 Å². The molecule has 0 aromatic heterocycles. The van der Waals surface area contributed by atoms with Crippen molar-refractivity contribution in [2.45, 2.75) is 25.8 Å². The number of hydrogen-bond acceptors (Lipinski definition) is 2. The first-order chi connectivity index (χ1) is 9.27. The topological polar surface area (TPSA) is 44.1 Å². The van der Waals surface area contributed by atoms with Crippen LogP contribution in [-0.4, -0.2) is 10.8 Å². The van der Waals surface area contributed by atoms with Gasteiger partial charge in [0.15, 0.2) is 0 Å². The Balaban J connectivity index is 2.22. The van der Waals surface area contributed by atoms with E-state index in [2.05, 4.69) is 17.9 Å². The van der Waals surface area contributed by atoms with Crippen LogP contribution in [0, 0.1) is 23.2 Å². The number of nitriles is 1. The molecule has 1 atom stereocenters. The van der Waals surface area contributed by atoms with Gasteiger partial charge in [-0.1, -0.05) is 24.3 Å². The Morgan fingerprint density at radius 2 is 2.21 bits per heavy atom. The fourth-order valence-electron chi connectivity index (χ4n) is 2.09. The summed E-state index contributed by atoms with van der Waals surface area (Å²) in [5, 5.41) is 9.32. The highest BCUT2D eigenvalue weighted by Crippen LogP contribution is 2.30. The molecule has 0 radical (unpaired) electrons. The molecular weight excluding hydrogens is 236 g/mol. The zero-order valence-corrected chi connectivity index (χ0v) is 10.8. The Kier molecular flexibility index (Phi) is 4.00. The summed E-state index contributed by atoms with van der Waals surface area (Å²) < 4.78 is 0. The lowest BCUT2D eigenvalue weighted by Gasteiger charge is -2.28. The van der Waals surface area contributed by atoms with Crippen LogP contribution in [0.1, 0.15) is 36.9 Å². The molecule has 1 heterocycles. The van der Waals surface area contributed by atoms with Crippen molar-refractivity contribution in [1.82, 2.24) is 4.90 Å². The van der Waals surface area contributed by atoms with Gasteiger partial charge in [0.1, 0.15) is 6.04 Å². The number of rotatable bonds is 2. The van der Waals surface area contributed by atoms with E-state index in [0.29, 0.717) is 12.8 Å². The smallest absolute Gasteiger partial charge is 0.228 e. The van der Waals surface area contributed by atoms with E-state index in [-0.39, 0.29) is 5.91 Å². The predicted molar refractivity (Wildman–Crippen MR) is 73.4 cm³/mol. The van der Waals surface area contributed by atoms with Crippen LogP contribution in [0.5, 0.6) is 0 Å². The lowest BCUT2D eigenvalue weighted by atomic mass is 9.97. The van der Waals surface area contributed by atoms with Gasteiger partial charge in [-0.3, -0.25) is 9.69 Å². The van der Waals surface area contributed by atoms with Gasteiger partial charge in [0.05, 0.1) is 6.07 Å². The molecule has 1 aromatic rings. The van der Waals surface area contributed by atoms with Gasteiger partial charge in [-0.2, -0.15) is 5.26 Å². The van der Waals surface area contributed by atoms with Crippen LogP contribution in [0.4, 0.5) is 0 Å². The predicted octanol–water partition coefficient (Wildman–Crippen LogP) is 2.87. The average Bonchev–Trinajstić information content (AvgIpc) is 2.46. The van der Waals surface area contributed by atoms with E-state index in [1.165, 1.54) is 4.90 Å². The molecule has 0 fully saturated rings. The van der Waals surface area contributed by atoms with Crippen molar-refractivity contribution in [3.63, 3.8) is 0 Å². The highest BCUT2D eigenvalue weighted by molar-refractivity contribution is 5.81. The van der Waals surface area contributed by atoms with Gasteiger partial charge in [-0.25, -0.2) is 0 Å². The molecule has 1 aliphatic heterocycles. The van der Waals surface area contributed by atoms with E-state index in [4.69, 9.17) is 0 Å². The van der Waals surface area contributed by atoms with Crippen molar-refractivity contribution < 1.29 is 4.79 Å². The fourth-order valence-corrected chi connectivity index (χ4v) is 2.09. The van der Waals surface area contributed by atoms with Crippen LogP contribution in [-0.2, 0) is 4.79 Å². The second kappa shape index (κ2) is 5.89. The Hall–Kier alpha value is -2.52. The molecule has 94 valence electrons. The third-order valence-electron chi connectivity index (χ3n) is 3.03. The third-order valence-corrected chi connectivity index (χ3v) is 3.03. The summed E-state index contributed by atoms with van der Waals surface area (Å²) in [6, 6.07) is 9.30. The summed E-state index contributed by atoms with van der Waals surface area (Å²) >= 11 is 0. The molecule has 0 saturated heterocycles. The zero-order chi connectivity index (χ0) is 13.7. The van der Waals surface area contributed by atoms with E-state index < -0.39 is 6.04 Å². The standard InChI is InChI=1S/C16H14N2O/c1-2-3-4-9-16(19)18-11-10-13-7-5-6-8-14(13)15(18)12-17/h5-8,10-11,15H,4,9H2,1H3/t15-/m0/s1. The molecule has 1 aliphatic rings. The number of nitrogens with zero attached hydrogens (tertiary/aromatic N) is 2. The molecule has 0 saturated carbocycles. The lowest BCUT2D eigenvalue weighted by molar-refractivity contribution is -0.129.